The maximum absolute atomic E-state index is 12.5. The van der Waals surface area contributed by atoms with Gasteiger partial charge in [-0.3, -0.25) is 9.89 Å². The van der Waals surface area contributed by atoms with Gasteiger partial charge in [-0.25, -0.2) is 0 Å². The van der Waals surface area contributed by atoms with E-state index in [1.54, 1.807) is 0 Å². The molecule has 1 aliphatic carbocycles. The van der Waals surface area contributed by atoms with Gasteiger partial charge in [0, 0.05) is 19.0 Å². The van der Waals surface area contributed by atoms with E-state index in [0.29, 0.717) is 17.3 Å². The zero-order chi connectivity index (χ0) is 13.6. The van der Waals surface area contributed by atoms with E-state index in [9.17, 15) is 4.79 Å². The van der Waals surface area contributed by atoms with Gasteiger partial charge >= 0.3 is 0 Å². The zero-order valence-corrected chi connectivity index (χ0v) is 11.7. The zero-order valence-electron chi connectivity index (χ0n) is 11.7. The molecule has 1 saturated heterocycles. The minimum Gasteiger partial charge on any atom is -0.395 e. The smallest absolute Gasteiger partial charge is 0.276 e. The Kier molecular flexibility index (Phi) is 2.80. The Balaban J connectivity index is 1.79. The van der Waals surface area contributed by atoms with Crippen LogP contribution in [0.4, 0.5) is 5.69 Å². The summed E-state index contributed by atoms with van der Waals surface area (Å²) in [7, 11) is 0. The van der Waals surface area contributed by atoms with Crippen molar-refractivity contribution in [1.82, 2.24) is 15.1 Å². The molecule has 0 atom stereocenters. The molecule has 2 fully saturated rings. The largest absolute Gasteiger partial charge is 0.395 e. The number of piperidine rings is 1. The van der Waals surface area contributed by atoms with Gasteiger partial charge in [-0.2, -0.15) is 5.10 Å². The molecule has 19 heavy (non-hydrogen) atoms. The van der Waals surface area contributed by atoms with E-state index in [-0.39, 0.29) is 11.3 Å². The number of likely N-dealkylation sites (tertiary alicyclic amines) is 1. The Hall–Kier alpha value is -1.52. The molecule has 2 heterocycles. The van der Waals surface area contributed by atoms with Crippen molar-refractivity contribution in [3.05, 3.63) is 11.4 Å². The van der Waals surface area contributed by atoms with Crippen LogP contribution in [0.25, 0.3) is 0 Å². The van der Waals surface area contributed by atoms with Crippen LogP contribution in [0.5, 0.6) is 0 Å². The van der Waals surface area contributed by atoms with Crippen LogP contribution in [0.15, 0.2) is 0 Å². The highest BCUT2D eigenvalue weighted by atomic mass is 16.2. The van der Waals surface area contributed by atoms with E-state index in [2.05, 4.69) is 24.0 Å². The summed E-state index contributed by atoms with van der Waals surface area (Å²) in [6.45, 7) is 6.01. The maximum Gasteiger partial charge on any atom is 0.276 e. The topological polar surface area (TPSA) is 75.0 Å². The maximum atomic E-state index is 12.5. The van der Waals surface area contributed by atoms with Gasteiger partial charge in [0.05, 0.1) is 11.4 Å². The minimum atomic E-state index is -0.0200. The predicted molar refractivity (Wildman–Crippen MR) is 73.9 cm³/mol. The quantitative estimate of drug-likeness (QED) is 0.857. The molecule has 2 aliphatic rings. The highest BCUT2D eigenvalue weighted by molar-refractivity contribution is 5.97. The number of hydrogen-bond acceptors (Lipinski definition) is 3. The third kappa shape index (κ3) is 2.33. The fraction of sp³-hybridized carbons (Fsp3) is 0.714. The number of nitrogens with zero attached hydrogens (tertiary/aromatic N) is 2. The Bertz CT molecular complexity index is 502. The Morgan fingerprint density at radius 2 is 2.21 bits per heavy atom. The van der Waals surface area contributed by atoms with Crippen molar-refractivity contribution < 1.29 is 4.79 Å². The van der Waals surface area contributed by atoms with E-state index < -0.39 is 0 Å². The van der Waals surface area contributed by atoms with Gasteiger partial charge in [0.25, 0.3) is 5.91 Å². The van der Waals surface area contributed by atoms with Crippen molar-refractivity contribution in [3.63, 3.8) is 0 Å². The fourth-order valence-electron chi connectivity index (χ4n) is 2.96. The van der Waals surface area contributed by atoms with Crippen LogP contribution in [0.3, 0.4) is 0 Å². The number of nitrogens with one attached hydrogen (secondary N) is 1. The third-order valence-corrected chi connectivity index (χ3v) is 4.21. The van der Waals surface area contributed by atoms with Crippen LogP contribution in [0.1, 0.15) is 61.6 Å². The van der Waals surface area contributed by atoms with Gasteiger partial charge in [-0.15, -0.1) is 0 Å². The summed E-state index contributed by atoms with van der Waals surface area (Å²) >= 11 is 0. The molecule has 1 aromatic rings. The van der Waals surface area contributed by atoms with E-state index in [1.807, 2.05) is 4.90 Å². The average molecular weight is 262 g/mol. The molecule has 1 aliphatic heterocycles. The molecule has 5 heteroatoms. The summed E-state index contributed by atoms with van der Waals surface area (Å²) in [4.78, 5) is 14.4. The van der Waals surface area contributed by atoms with Gasteiger partial charge in [0.2, 0.25) is 0 Å². The molecule has 0 unspecified atom stereocenters. The highest BCUT2D eigenvalue weighted by Crippen LogP contribution is 2.42. The lowest BCUT2D eigenvalue weighted by Crippen LogP contribution is -2.43. The number of hydrogen-bond donors (Lipinski definition) is 2. The van der Waals surface area contributed by atoms with Gasteiger partial charge in [0.1, 0.15) is 0 Å². The number of anilines is 1. The molecule has 1 aromatic heterocycles. The van der Waals surface area contributed by atoms with Crippen molar-refractivity contribution in [2.24, 2.45) is 5.41 Å². The number of carbonyl (C=O) groups excluding carboxylic acids is 1. The van der Waals surface area contributed by atoms with Crippen LogP contribution < -0.4 is 5.73 Å². The Morgan fingerprint density at radius 1 is 1.47 bits per heavy atom. The molecule has 104 valence electrons. The molecule has 1 saturated carbocycles. The van der Waals surface area contributed by atoms with Gasteiger partial charge < -0.3 is 10.6 Å². The number of carbonyl (C=O) groups is 1. The SMILES string of the molecule is CC1(C)CCCN(C(=O)c2n[nH]c(C3CC3)c2N)C1. The predicted octanol–water partition coefficient (Wildman–Crippen LogP) is 2.13. The van der Waals surface area contributed by atoms with Gasteiger partial charge in [-0.05, 0) is 31.1 Å². The molecule has 0 spiro atoms. The van der Waals surface area contributed by atoms with E-state index in [1.165, 1.54) is 6.42 Å². The lowest BCUT2D eigenvalue weighted by atomic mass is 9.84. The Labute approximate surface area is 113 Å². The van der Waals surface area contributed by atoms with E-state index in [0.717, 1.165) is 38.0 Å². The second kappa shape index (κ2) is 4.25. The molecule has 0 aromatic carbocycles. The summed E-state index contributed by atoms with van der Waals surface area (Å²) in [5, 5.41) is 7.11. The minimum absolute atomic E-state index is 0.0200. The molecular formula is C14H22N4O. The molecule has 3 rings (SSSR count). The second-order valence-corrected chi connectivity index (χ2v) is 6.67. The summed E-state index contributed by atoms with van der Waals surface area (Å²) in [5.41, 5.74) is 8.21. The van der Waals surface area contributed by atoms with Gasteiger partial charge in [-0.1, -0.05) is 13.8 Å². The lowest BCUT2D eigenvalue weighted by Gasteiger charge is -2.37. The molecular weight excluding hydrogens is 240 g/mol. The van der Waals surface area contributed by atoms with Crippen molar-refractivity contribution >= 4 is 11.6 Å². The number of amides is 1. The summed E-state index contributed by atoms with van der Waals surface area (Å²) in [6.07, 6.45) is 4.52. The van der Waals surface area contributed by atoms with Crippen LogP contribution in [-0.2, 0) is 0 Å². The van der Waals surface area contributed by atoms with Crippen molar-refractivity contribution in [1.29, 1.82) is 0 Å². The van der Waals surface area contributed by atoms with Crippen molar-refractivity contribution in [3.8, 4) is 0 Å². The van der Waals surface area contributed by atoms with Crippen LogP contribution >= 0.6 is 0 Å². The number of nitrogens with two attached hydrogens (primary N) is 1. The first-order valence-electron chi connectivity index (χ1n) is 7.11. The summed E-state index contributed by atoms with van der Waals surface area (Å²) in [6, 6.07) is 0. The fourth-order valence-corrected chi connectivity index (χ4v) is 2.96. The van der Waals surface area contributed by atoms with E-state index >= 15 is 0 Å². The molecule has 1 amide bonds. The molecule has 0 radical (unpaired) electrons. The highest BCUT2D eigenvalue weighted by Gasteiger charge is 2.34. The van der Waals surface area contributed by atoms with Crippen molar-refractivity contribution in [2.75, 3.05) is 18.8 Å². The second-order valence-electron chi connectivity index (χ2n) is 6.67. The molecule has 3 N–H and O–H groups in total. The number of rotatable bonds is 2. The number of nitrogen functional groups attached to an aromatic ring is 1. The third-order valence-electron chi connectivity index (χ3n) is 4.21. The van der Waals surface area contributed by atoms with E-state index in [4.69, 9.17) is 5.73 Å². The summed E-state index contributed by atoms with van der Waals surface area (Å²) in [5.74, 6) is 0.472. The first kappa shape index (κ1) is 12.5. The number of aromatic amines is 1. The monoisotopic (exact) mass is 262 g/mol. The van der Waals surface area contributed by atoms with Crippen LogP contribution in [0, 0.1) is 5.41 Å². The molecule has 0 bridgehead atoms. The van der Waals surface area contributed by atoms with Crippen molar-refractivity contribution in [2.45, 2.75) is 45.4 Å². The lowest BCUT2D eigenvalue weighted by molar-refractivity contribution is 0.0578. The summed E-state index contributed by atoms with van der Waals surface area (Å²) < 4.78 is 0. The molecule has 5 nitrogen and oxygen atoms in total. The number of H-pyrrole nitrogens is 1. The standard InChI is InChI=1S/C14H22N4O/c1-14(2)6-3-7-18(8-14)13(19)12-10(15)11(16-17-12)9-4-5-9/h9H,3-8,15H2,1-2H3,(H,16,17). The first-order valence-corrected chi connectivity index (χ1v) is 7.11. The first-order chi connectivity index (χ1) is 8.98. The normalized spacial score (nSPS) is 22.5. The average Bonchev–Trinajstić information content (AvgIpc) is 3.11. The van der Waals surface area contributed by atoms with Gasteiger partial charge in [0.15, 0.2) is 5.69 Å². The Morgan fingerprint density at radius 3 is 2.84 bits per heavy atom. The van der Waals surface area contributed by atoms with Crippen LogP contribution in [-0.4, -0.2) is 34.1 Å². The van der Waals surface area contributed by atoms with Crippen LogP contribution in [0.2, 0.25) is 0 Å². The number of aromatic nitrogens is 2.